The van der Waals surface area contributed by atoms with Crippen molar-refractivity contribution in [2.45, 2.75) is 13.3 Å². The minimum atomic E-state index is -0.448. The van der Waals surface area contributed by atoms with Crippen LogP contribution in [0.15, 0.2) is 83.4 Å². The van der Waals surface area contributed by atoms with Gasteiger partial charge < -0.3 is 14.7 Å². The van der Waals surface area contributed by atoms with E-state index in [0.29, 0.717) is 29.5 Å². The van der Waals surface area contributed by atoms with Crippen LogP contribution in [0.4, 0.5) is 11.4 Å². The summed E-state index contributed by atoms with van der Waals surface area (Å²) in [5.41, 5.74) is 3.95. The Morgan fingerprint density at radius 2 is 1.82 bits per heavy atom. The zero-order valence-electron chi connectivity index (χ0n) is 18.1. The molecule has 1 saturated heterocycles. The van der Waals surface area contributed by atoms with E-state index in [0.717, 1.165) is 16.8 Å². The third kappa shape index (κ3) is 4.25. The molecule has 4 aromatic rings. The van der Waals surface area contributed by atoms with Crippen LogP contribution in [0.5, 0.6) is 0 Å². The van der Waals surface area contributed by atoms with E-state index in [2.05, 4.69) is 15.5 Å². The third-order valence-corrected chi connectivity index (χ3v) is 5.68. The molecule has 7 nitrogen and oxygen atoms in total. The number of aryl methyl sites for hydroxylation is 1. The van der Waals surface area contributed by atoms with Crippen molar-refractivity contribution in [3.05, 3.63) is 84.4 Å². The highest BCUT2D eigenvalue weighted by atomic mass is 16.5. The summed E-state index contributed by atoms with van der Waals surface area (Å²) >= 11 is 0. The Kier molecular flexibility index (Phi) is 5.44. The molecule has 0 bridgehead atoms. The maximum atomic E-state index is 13.0. The molecule has 1 fully saturated rings. The van der Waals surface area contributed by atoms with Gasteiger partial charge in [0, 0.05) is 24.2 Å². The van der Waals surface area contributed by atoms with Gasteiger partial charge in [-0.1, -0.05) is 59.3 Å². The number of nitrogens with one attached hydrogen (secondary N) is 1. The number of carbonyl (C=O) groups excluding carboxylic acids is 2. The van der Waals surface area contributed by atoms with E-state index < -0.39 is 5.92 Å². The standard InChI is InChI=1S/C26H22N4O3/c1-17-8-7-9-18(14-17)24-28-26(33-29-24)21-12-5-6-13-22(21)27-25(32)19-15-23(31)30(16-19)20-10-3-2-4-11-20/h2-14,19H,15-16H2,1H3,(H,27,32)/t19-/m1/s1. The molecular weight excluding hydrogens is 416 g/mol. The van der Waals surface area contributed by atoms with Crippen molar-refractivity contribution in [3.63, 3.8) is 0 Å². The molecule has 1 aliphatic rings. The van der Waals surface area contributed by atoms with Gasteiger partial charge in [0.05, 0.1) is 17.2 Å². The fourth-order valence-corrected chi connectivity index (χ4v) is 3.99. The highest BCUT2D eigenvalue weighted by Crippen LogP contribution is 2.31. The highest BCUT2D eigenvalue weighted by molar-refractivity contribution is 6.04. The summed E-state index contributed by atoms with van der Waals surface area (Å²) in [4.78, 5) is 31.7. The molecule has 5 rings (SSSR count). The largest absolute Gasteiger partial charge is 0.334 e. The van der Waals surface area contributed by atoms with E-state index in [1.54, 1.807) is 11.0 Å². The van der Waals surface area contributed by atoms with Crippen molar-refractivity contribution in [1.29, 1.82) is 0 Å². The van der Waals surface area contributed by atoms with E-state index in [-0.39, 0.29) is 18.2 Å². The lowest BCUT2D eigenvalue weighted by Gasteiger charge is -2.16. The van der Waals surface area contributed by atoms with Gasteiger partial charge in [-0.2, -0.15) is 4.98 Å². The van der Waals surface area contributed by atoms with Crippen molar-refractivity contribution in [1.82, 2.24) is 10.1 Å². The lowest BCUT2D eigenvalue weighted by molar-refractivity contribution is -0.122. The van der Waals surface area contributed by atoms with Crippen LogP contribution in [0.25, 0.3) is 22.8 Å². The molecule has 2 amide bonds. The number of rotatable bonds is 5. The Morgan fingerprint density at radius 3 is 2.64 bits per heavy atom. The second kappa shape index (κ2) is 8.70. The van der Waals surface area contributed by atoms with Gasteiger partial charge in [0.1, 0.15) is 0 Å². The van der Waals surface area contributed by atoms with Crippen LogP contribution in [-0.4, -0.2) is 28.5 Å². The summed E-state index contributed by atoms with van der Waals surface area (Å²) in [6, 6.07) is 24.5. The average Bonchev–Trinajstić information content (AvgIpc) is 3.47. The van der Waals surface area contributed by atoms with E-state index >= 15 is 0 Å². The maximum absolute atomic E-state index is 13.0. The van der Waals surface area contributed by atoms with Crippen molar-refractivity contribution >= 4 is 23.2 Å². The van der Waals surface area contributed by atoms with E-state index in [4.69, 9.17) is 4.52 Å². The third-order valence-electron chi connectivity index (χ3n) is 5.68. The number of carbonyl (C=O) groups is 2. The van der Waals surface area contributed by atoms with Crippen LogP contribution in [0.3, 0.4) is 0 Å². The lowest BCUT2D eigenvalue weighted by atomic mass is 10.1. The Morgan fingerprint density at radius 1 is 1.03 bits per heavy atom. The number of benzene rings is 3. The normalized spacial score (nSPS) is 15.6. The Bertz CT molecular complexity index is 1320. The molecule has 0 saturated carbocycles. The molecule has 0 aliphatic carbocycles. The zero-order chi connectivity index (χ0) is 22.8. The van der Waals surface area contributed by atoms with Crippen LogP contribution >= 0.6 is 0 Å². The summed E-state index contributed by atoms with van der Waals surface area (Å²) < 4.78 is 5.51. The zero-order valence-corrected chi connectivity index (χ0v) is 18.1. The van der Waals surface area contributed by atoms with Crippen LogP contribution in [0.1, 0.15) is 12.0 Å². The molecule has 1 atom stereocenters. The van der Waals surface area contributed by atoms with Gasteiger partial charge in [0.2, 0.25) is 17.6 Å². The SMILES string of the molecule is Cc1cccc(-c2noc(-c3ccccc3NC(=O)[C@@H]3CC(=O)N(c4ccccc4)C3)n2)c1. The predicted octanol–water partition coefficient (Wildman–Crippen LogP) is 4.70. The van der Waals surface area contributed by atoms with E-state index in [1.165, 1.54) is 0 Å². The maximum Gasteiger partial charge on any atom is 0.260 e. The molecule has 3 aromatic carbocycles. The van der Waals surface area contributed by atoms with Gasteiger partial charge in [0.25, 0.3) is 5.89 Å². The first-order valence-electron chi connectivity index (χ1n) is 10.7. The summed E-state index contributed by atoms with van der Waals surface area (Å²) in [5.74, 6) is 0.0730. The molecule has 1 aromatic heterocycles. The number of hydrogen-bond acceptors (Lipinski definition) is 5. The first kappa shape index (κ1) is 20.6. The van der Waals surface area contributed by atoms with Gasteiger partial charge in [-0.25, -0.2) is 0 Å². The summed E-state index contributed by atoms with van der Waals surface area (Å²) in [6.45, 7) is 2.34. The Labute approximate surface area is 191 Å². The van der Waals surface area contributed by atoms with Gasteiger partial charge >= 0.3 is 0 Å². The Balaban J connectivity index is 1.35. The lowest BCUT2D eigenvalue weighted by Crippen LogP contribution is -2.28. The van der Waals surface area contributed by atoms with Crippen molar-refractivity contribution in [2.24, 2.45) is 5.92 Å². The number of para-hydroxylation sites is 2. The van der Waals surface area contributed by atoms with Gasteiger partial charge in [-0.15, -0.1) is 0 Å². The summed E-state index contributed by atoms with van der Waals surface area (Å²) in [6.07, 6.45) is 0.168. The minimum Gasteiger partial charge on any atom is -0.334 e. The van der Waals surface area contributed by atoms with Gasteiger partial charge in [0.15, 0.2) is 0 Å². The van der Waals surface area contributed by atoms with Crippen LogP contribution in [0.2, 0.25) is 0 Å². The number of nitrogens with zero attached hydrogens (tertiary/aromatic N) is 3. The molecule has 0 spiro atoms. The summed E-state index contributed by atoms with van der Waals surface area (Å²) in [5, 5.41) is 7.06. The van der Waals surface area contributed by atoms with E-state index in [1.807, 2.05) is 79.7 Å². The first-order chi connectivity index (χ1) is 16.1. The van der Waals surface area contributed by atoms with Crippen molar-refractivity contribution in [3.8, 4) is 22.8 Å². The van der Waals surface area contributed by atoms with Crippen LogP contribution in [0, 0.1) is 12.8 Å². The minimum absolute atomic E-state index is 0.0608. The highest BCUT2D eigenvalue weighted by Gasteiger charge is 2.35. The van der Waals surface area contributed by atoms with Gasteiger partial charge in [-0.3, -0.25) is 9.59 Å². The number of anilines is 2. The molecule has 1 aliphatic heterocycles. The Hall–Kier alpha value is -4.26. The number of aromatic nitrogens is 2. The molecule has 7 heteroatoms. The van der Waals surface area contributed by atoms with Crippen molar-refractivity contribution < 1.29 is 14.1 Å². The van der Waals surface area contributed by atoms with Crippen molar-refractivity contribution in [2.75, 3.05) is 16.8 Å². The summed E-state index contributed by atoms with van der Waals surface area (Å²) in [7, 11) is 0. The quantitative estimate of drug-likeness (QED) is 0.488. The molecule has 164 valence electrons. The molecule has 1 N–H and O–H groups in total. The smallest absolute Gasteiger partial charge is 0.260 e. The fraction of sp³-hybridized carbons (Fsp3) is 0.154. The molecule has 33 heavy (non-hydrogen) atoms. The molecule has 2 heterocycles. The van der Waals surface area contributed by atoms with Gasteiger partial charge in [-0.05, 0) is 37.3 Å². The fourth-order valence-electron chi connectivity index (χ4n) is 3.99. The molecule has 0 radical (unpaired) electrons. The average molecular weight is 438 g/mol. The van der Waals surface area contributed by atoms with Crippen LogP contribution in [-0.2, 0) is 9.59 Å². The predicted molar refractivity (Wildman–Crippen MR) is 125 cm³/mol. The topological polar surface area (TPSA) is 88.3 Å². The van der Waals surface area contributed by atoms with E-state index in [9.17, 15) is 9.59 Å². The second-order valence-electron chi connectivity index (χ2n) is 8.07. The first-order valence-corrected chi connectivity index (χ1v) is 10.7. The molecule has 0 unspecified atom stereocenters. The second-order valence-corrected chi connectivity index (χ2v) is 8.07. The molecular formula is C26H22N4O3. The van der Waals surface area contributed by atoms with Crippen LogP contribution < -0.4 is 10.2 Å². The number of amides is 2. The number of hydrogen-bond donors (Lipinski definition) is 1. The monoisotopic (exact) mass is 438 g/mol.